The van der Waals surface area contributed by atoms with Crippen LogP contribution in [0.5, 0.6) is 0 Å². The summed E-state index contributed by atoms with van der Waals surface area (Å²) in [5.41, 5.74) is 8.62. The Labute approximate surface area is 107 Å². The lowest BCUT2D eigenvalue weighted by Crippen LogP contribution is -2.39. The van der Waals surface area contributed by atoms with E-state index in [1.807, 2.05) is 20.9 Å². The van der Waals surface area contributed by atoms with Crippen LogP contribution in [0.25, 0.3) is 0 Å². The number of nitrogens with zero attached hydrogens (tertiary/aromatic N) is 3. The first-order chi connectivity index (χ1) is 8.02. The molecule has 0 aliphatic heterocycles. The van der Waals surface area contributed by atoms with Crippen molar-refractivity contribution in [3.05, 3.63) is 16.8 Å². The minimum absolute atomic E-state index is 0.404. The average Bonchev–Trinajstić information content (AvgIpc) is 2.18. The van der Waals surface area contributed by atoms with Gasteiger partial charge in [-0.15, -0.1) is 5.10 Å². The van der Waals surface area contributed by atoms with Crippen molar-refractivity contribution in [2.24, 2.45) is 5.73 Å². The van der Waals surface area contributed by atoms with Crippen LogP contribution in [-0.4, -0.2) is 28.3 Å². The molecule has 17 heavy (non-hydrogen) atoms. The summed E-state index contributed by atoms with van der Waals surface area (Å²) >= 11 is 5.14. The van der Waals surface area contributed by atoms with Crippen LogP contribution in [0.2, 0.25) is 0 Å². The molecule has 1 fully saturated rings. The third-order valence-electron chi connectivity index (χ3n) is 3.64. The molecule has 1 aromatic rings. The SMILES string of the molecule is Cc1nnc(N(C)C2CCC2)c(C(N)=S)c1C. The maximum Gasteiger partial charge on any atom is 0.161 e. The Morgan fingerprint density at radius 2 is 2.00 bits per heavy atom. The molecule has 0 bridgehead atoms. The van der Waals surface area contributed by atoms with Gasteiger partial charge in [-0.1, -0.05) is 12.2 Å². The van der Waals surface area contributed by atoms with Crippen LogP contribution < -0.4 is 10.6 Å². The Balaban J connectivity index is 2.45. The molecule has 1 aromatic heterocycles. The lowest BCUT2D eigenvalue weighted by molar-refractivity contribution is 0.398. The van der Waals surface area contributed by atoms with Gasteiger partial charge in [-0.2, -0.15) is 5.10 Å². The molecule has 1 heterocycles. The number of anilines is 1. The van der Waals surface area contributed by atoms with Gasteiger partial charge in [-0.05, 0) is 38.7 Å². The summed E-state index contributed by atoms with van der Waals surface area (Å²) in [5, 5.41) is 8.45. The fraction of sp³-hybridized carbons (Fsp3) is 0.583. The minimum Gasteiger partial charge on any atom is -0.389 e. The predicted octanol–water partition coefficient (Wildman–Crippen LogP) is 1.72. The molecule has 0 aromatic carbocycles. The number of nitrogens with two attached hydrogens (primary N) is 1. The summed E-state index contributed by atoms with van der Waals surface area (Å²) in [5.74, 6) is 0.824. The van der Waals surface area contributed by atoms with E-state index in [0.717, 1.165) is 22.6 Å². The van der Waals surface area contributed by atoms with E-state index in [-0.39, 0.29) is 0 Å². The Morgan fingerprint density at radius 3 is 2.47 bits per heavy atom. The summed E-state index contributed by atoms with van der Waals surface area (Å²) in [6.45, 7) is 3.92. The number of hydrogen-bond donors (Lipinski definition) is 1. The van der Waals surface area contributed by atoms with Crippen molar-refractivity contribution in [1.29, 1.82) is 0 Å². The monoisotopic (exact) mass is 250 g/mol. The van der Waals surface area contributed by atoms with E-state index < -0.39 is 0 Å². The Bertz CT molecular complexity index is 454. The van der Waals surface area contributed by atoms with Gasteiger partial charge in [-0.3, -0.25) is 0 Å². The van der Waals surface area contributed by atoms with E-state index in [1.165, 1.54) is 19.3 Å². The van der Waals surface area contributed by atoms with Gasteiger partial charge in [0.1, 0.15) is 4.99 Å². The largest absolute Gasteiger partial charge is 0.389 e. The van der Waals surface area contributed by atoms with Crippen LogP contribution in [0, 0.1) is 13.8 Å². The highest BCUT2D eigenvalue weighted by atomic mass is 32.1. The quantitative estimate of drug-likeness (QED) is 0.828. The van der Waals surface area contributed by atoms with Crippen LogP contribution in [-0.2, 0) is 0 Å². The highest BCUT2D eigenvalue weighted by Gasteiger charge is 2.26. The highest BCUT2D eigenvalue weighted by Crippen LogP contribution is 2.30. The molecule has 0 spiro atoms. The van der Waals surface area contributed by atoms with Gasteiger partial charge in [0.15, 0.2) is 5.82 Å². The van der Waals surface area contributed by atoms with Crippen molar-refractivity contribution in [3.8, 4) is 0 Å². The first-order valence-electron chi connectivity index (χ1n) is 5.89. The van der Waals surface area contributed by atoms with Gasteiger partial charge in [0.05, 0.1) is 11.3 Å². The fourth-order valence-corrected chi connectivity index (χ4v) is 2.33. The molecule has 92 valence electrons. The van der Waals surface area contributed by atoms with Crippen LogP contribution in [0.4, 0.5) is 5.82 Å². The summed E-state index contributed by atoms with van der Waals surface area (Å²) in [6.07, 6.45) is 3.71. The molecule has 4 nitrogen and oxygen atoms in total. The highest BCUT2D eigenvalue weighted by molar-refractivity contribution is 7.80. The van der Waals surface area contributed by atoms with Gasteiger partial charge < -0.3 is 10.6 Å². The lowest BCUT2D eigenvalue weighted by atomic mass is 9.91. The molecule has 5 heteroatoms. The van der Waals surface area contributed by atoms with Gasteiger partial charge >= 0.3 is 0 Å². The Morgan fingerprint density at radius 1 is 1.35 bits per heavy atom. The van der Waals surface area contributed by atoms with E-state index in [1.54, 1.807) is 0 Å². The van der Waals surface area contributed by atoms with Crippen LogP contribution in [0.3, 0.4) is 0 Å². The number of thiocarbonyl (C=S) groups is 1. The smallest absolute Gasteiger partial charge is 0.161 e. The lowest BCUT2D eigenvalue weighted by Gasteiger charge is -2.36. The van der Waals surface area contributed by atoms with Crippen LogP contribution >= 0.6 is 12.2 Å². The van der Waals surface area contributed by atoms with Crippen molar-refractivity contribution >= 4 is 23.0 Å². The summed E-state index contributed by atoms with van der Waals surface area (Å²) in [6, 6.07) is 0.555. The molecule has 1 saturated carbocycles. The Kier molecular flexibility index (Phi) is 3.28. The van der Waals surface area contributed by atoms with Gasteiger partial charge in [0, 0.05) is 13.1 Å². The van der Waals surface area contributed by atoms with E-state index in [0.29, 0.717) is 11.0 Å². The second-order valence-corrected chi connectivity index (χ2v) is 5.11. The molecular weight excluding hydrogens is 232 g/mol. The Hall–Kier alpha value is -1.23. The normalized spacial score (nSPS) is 15.5. The molecule has 0 amide bonds. The van der Waals surface area contributed by atoms with E-state index >= 15 is 0 Å². The molecule has 0 unspecified atom stereocenters. The number of aromatic nitrogens is 2. The molecule has 0 saturated heterocycles. The zero-order valence-electron chi connectivity index (χ0n) is 10.5. The predicted molar refractivity (Wildman–Crippen MR) is 73.4 cm³/mol. The standard InChI is InChI=1S/C12H18N4S/c1-7-8(2)14-15-12(10(7)11(13)17)16(3)9-5-4-6-9/h9H,4-6H2,1-3H3,(H2,13,17). The first kappa shape index (κ1) is 12.2. The second kappa shape index (κ2) is 4.56. The van der Waals surface area contributed by atoms with Crippen molar-refractivity contribution in [2.45, 2.75) is 39.2 Å². The summed E-state index contributed by atoms with van der Waals surface area (Å²) in [4.78, 5) is 2.57. The van der Waals surface area contributed by atoms with E-state index in [9.17, 15) is 0 Å². The first-order valence-corrected chi connectivity index (χ1v) is 6.29. The molecule has 0 radical (unpaired) electrons. The third-order valence-corrected chi connectivity index (χ3v) is 3.84. The number of hydrogen-bond acceptors (Lipinski definition) is 4. The average molecular weight is 250 g/mol. The summed E-state index contributed by atoms with van der Waals surface area (Å²) in [7, 11) is 2.05. The molecule has 0 atom stereocenters. The van der Waals surface area contributed by atoms with Crippen molar-refractivity contribution < 1.29 is 0 Å². The van der Waals surface area contributed by atoms with Crippen molar-refractivity contribution in [2.75, 3.05) is 11.9 Å². The molecule has 1 aliphatic rings. The molecule has 1 aliphatic carbocycles. The van der Waals surface area contributed by atoms with Crippen LogP contribution in [0.15, 0.2) is 0 Å². The van der Waals surface area contributed by atoms with Gasteiger partial charge in [0.2, 0.25) is 0 Å². The second-order valence-electron chi connectivity index (χ2n) is 4.67. The zero-order valence-corrected chi connectivity index (χ0v) is 11.3. The molecular formula is C12H18N4S. The molecule has 2 N–H and O–H groups in total. The van der Waals surface area contributed by atoms with Crippen molar-refractivity contribution in [1.82, 2.24) is 10.2 Å². The van der Waals surface area contributed by atoms with Gasteiger partial charge in [-0.25, -0.2) is 0 Å². The summed E-state index contributed by atoms with van der Waals surface area (Å²) < 4.78 is 0. The van der Waals surface area contributed by atoms with Gasteiger partial charge in [0.25, 0.3) is 0 Å². The van der Waals surface area contributed by atoms with Crippen molar-refractivity contribution in [3.63, 3.8) is 0 Å². The maximum atomic E-state index is 5.82. The number of rotatable bonds is 3. The van der Waals surface area contributed by atoms with E-state index in [2.05, 4.69) is 15.1 Å². The number of aryl methyl sites for hydroxylation is 1. The topological polar surface area (TPSA) is 55.0 Å². The minimum atomic E-state index is 0.404. The third kappa shape index (κ3) is 2.11. The van der Waals surface area contributed by atoms with Crippen LogP contribution in [0.1, 0.15) is 36.1 Å². The fourth-order valence-electron chi connectivity index (χ4n) is 2.08. The molecule has 2 rings (SSSR count). The van der Waals surface area contributed by atoms with E-state index in [4.69, 9.17) is 18.0 Å². The zero-order chi connectivity index (χ0) is 12.6. The maximum absolute atomic E-state index is 5.82.